The molecule has 10 nitrogen and oxygen atoms in total. The van der Waals surface area contributed by atoms with Crippen LogP contribution in [-0.4, -0.2) is 48.7 Å². The molecule has 1 atom stereocenters. The molecule has 0 bridgehead atoms. The summed E-state index contributed by atoms with van der Waals surface area (Å²) in [6, 6.07) is 16.4. The number of halogens is 1. The first-order valence-corrected chi connectivity index (χ1v) is 13.5. The number of anilines is 1. The van der Waals surface area contributed by atoms with Crippen LogP contribution in [0.25, 0.3) is 0 Å². The molecule has 206 valence electrons. The molecular formula is C27H29FN4O6S. The Balaban J connectivity index is 2.06. The third-order valence-electron chi connectivity index (χ3n) is 5.80. The predicted octanol–water partition coefficient (Wildman–Crippen LogP) is 3.87. The van der Waals surface area contributed by atoms with Crippen LogP contribution in [0.2, 0.25) is 0 Å². The van der Waals surface area contributed by atoms with E-state index in [4.69, 9.17) is 0 Å². The molecule has 3 aromatic carbocycles. The third kappa shape index (κ3) is 7.38. The van der Waals surface area contributed by atoms with E-state index < -0.39 is 45.2 Å². The first kappa shape index (κ1) is 29.2. The lowest BCUT2D eigenvalue weighted by Gasteiger charge is -2.32. The van der Waals surface area contributed by atoms with Gasteiger partial charge in [-0.3, -0.25) is 24.0 Å². The van der Waals surface area contributed by atoms with E-state index in [1.807, 2.05) is 0 Å². The van der Waals surface area contributed by atoms with Crippen LogP contribution in [-0.2, 0) is 26.2 Å². The Morgan fingerprint density at radius 1 is 0.974 bits per heavy atom. The van der Waals surface area contributed by atoms with Crippen LogP contribution in [0.4, 0.5) is 15.8 Å². The minimum Gasteiger partial charge on any atom is -0.352 e. The molecular weight excluding hydrogens is 527 g/mol. The summed E-state index contributed by atoms with van der Waals surface area (Å²) in [6.45, 7) is 4.15. The summed E-state index contributed by atoms with van der Waals surface area (Å²) in [7, 11) is -4.36. The van der Waals surface area contributed by atoms with Gasteiger partial charge in [0.05, 0.1) is 15.5 Å². The maximum Gasteiger partial charge on any atom is 0.271 e. The van der Waals surface area contributed by atoms with E-state index in [2.05, 4.69) is 5.32 Å². The summed E-state index contributed by atoms with van der Waals surface area (Å²) < 4.78 is 41.6. The van der Waals surface area contributed by atoms with Crippen molar-refractivity contribution in [3.05, 3.63) is 100 Å². The number of sulfonamides is 1. The van der Waals surface area contributed by atoms with Gasteiger partial charge in [-0.25, -0.2) is 12.8 Å². The summed E-state index contributed by atoms with van der Waals surface area (Å²) in [4.78, 5) is 38.4. The maximum absolute atomic E-state index is 13.8. The van der Waals surface area contributed by atoms with Crippen molar-refractivity contribution in [3.63, 3.8) is 0 Å². The number of benzene rings is 3. The Kier molecular flexibility index (Phi) is 9.36. The molecule has 0 fully saturated rings. The van der Waals surface area contributed by atoms with Gasteiger partial charge in [-0.15, -0.1) is 0 Å². The number of nitro groups is 1. The van der Waals surface area contributed by atoms with Gasteiger partial charge in [0.1, 0.15) is 18.4 Å². The van der Waals surface area contributed by atoms with Gasteiger partial charge in [0.15, 0.2) is 0 Å². The van der Waals surface area contributed by atoms with Gasteiger partial charge in [-0.05, 0) is 56.7 Å². The van der Waals surface area contributed by atoms with E-state index in [9.17, 15) is 32.5 Å². The Hall–Kier alpha value is -4.32. The van der Waals surface area contributed by atoms with Crippen LogP contribution in [0.3, 0.4) is 0 Å². The van der Waals surface area contributed by atoms with Crippen molar-refractivity contribution in [2.75, 3.05) is 10.8 Å². The van der Waals surface area contributed by atoms with Gasteiger partial charge < -0.3 is 10.2 Å². The van der Waals surface area contributed by atoms with Crippen molar-refractivity contribution in [1.82, 2.24) is 10.2 Å². The molecule has 0 aliphatic heterocycles. The standard InChI is InChI=1S/C27H29FN4O6S/c1-19(2)29-27(34)20(3)30(17-21-12-14-22(28)15-13-21)26(33)18-31(23-8-7-9-24(16-23)32(35)36)39(37,38)25-10-5-4-6-11-25/h4-16,19-20H,17-18H2,1-3H3,(H,29,34)/t20-/m0/s1. The Morgan fingerprint density at radius 2 is 1.62 bits per heavy atom. The SMILES string of the molecule is CC(C)NC(=O)[C@H](C)N(Cc1ccc(F)cc1)C(=O)CN(c1cccc([N+](=O)[O-])c1)S(=O)(=O)c1ccccc1. The number of rotatable bonds is 11. The second-order valence-corrected chi connectivity index (χ2v) is 11.0. The molecule has 0 saturated heterocycles. The molecule has 39 heavy (non-hydrogen) atoms. The lowest BCUT2D eigenvalue weighted by Crippen LogP contribution is -2.52. The van der Waals surface area contributed by atoms with Crippen molar-refractivity contribution in [1.29, 1.82) is 0 Å². The second kappa shape index (κ2) is 12.5. The highest BCUT2D eigenvalue weighted by Gasteiger charge is 2.33. The lowest BCUT2D eigenvalue weighted by atomic mass is 10.1. The molecule has 3 rings (SSSR count). The molecule has 0 radical (unpaired) electrons. The van der Waals surface area contributed by atoms with Crippen molar-refractivity contribution in [3.8, 4) is 0 Å². The molecule has 0 heterocycles. The van der Waals surface area contributed by atoms with Crippen LogP contribution in [0, 0.1) is 15.9 Å². The highest BCUT2D eigenvalue weighted by Crippen LogP contribution is 2.27. The van der Waals surface area contributed by atoms with Gasteiger partial charge in [-0.1, -0.05) is 36.4 Å². The zero-order valence-electron chi connectivity index (χ0n) is 21.7. The summed E-state index contributed by atoms with van der Waals surface area (Å²) in [5.41, 5.74) is 0.0604. The normalized spacial score (nSPS) is 12.0. The zero-order chi connectivity index (χ0) is 28.7. The number of hydrogen-bond donors (Lipinski definition) is 1. The van der Waals surface area contributed by atoms with Crippen molar-refractivity contribution in [2.45, 2.75) is 44.3 Å². The first-order valence-electron chi connectivity index (χ1n) is 12.1. The fourth-order valence-electron chi connectivity index (χ4n) is 3.78. The van der Waals surface area contributed by atoms with Gasteiger partial charge in [0, 0.05) is 24.7 Å². The average Bonchev–Trinajstić information content (AvgIpc) is 2.91. The van der Waals surface area contributed by atoms with Gasteiger partial charge in [-0.2, -0.15) is 0 Å². The molecule has 0 aliphatic carbocycles. The summed E-state index contributed by atoms with van der Waals surface area (Å²) in [5.74, 6) is -1.68. The summed E-state index contributed by atoms with van der Waals surface area (Å²) in [5, 5.41) is 14.1. The molecule has 3 aromatic rings. The van der Waals surface area contributed by atoms with Crippen LogP contribution in [0.15, 0.2) is 83.8 Å². The van der Waals surface area contributed by atoms with Gasteiger partial charge in [0.2, 0.25) is 11.8 Å². The summed E-state index contributed by atoms with van der Waals surface area (Å²) in [6.07, 6.45) is 0. The van der Waals surface area contributed by atoms with Crippen molar-refractivity contribution in [2.24, 2.45) is 0 Å². The third-order valence-corrected chi connectivity index (χ3v) is 7.59. The van der Waals surface area contributed by atoms with Gasteiger partial charge >= 0.3 is 0 Å². The molecule has 12 heteroatoms. The molecule has 0 saturated carbocycles. The zero-order valence-corrected chi connectivity index (χ0v) is 22.5. The van der Waals surface area contributed by atoms with E-state index in [0.717, 1.165) is 10.4 Å². The molecule has 0 unspecified atom stereocenters. The topological polar surface area (TPSA) is 130 Å². The Labute approximate surface area is 226 Å². The summed E-state index contributed by atoms with van der Waals surface area (Å²) >= 11 is 0. The van der Waals surface area contributed by atoms with E-state index in [0.29, 0.717) is 5.56 Å². The van der Waals surface area contributed by atoms with Crippen LogP contribution >= 0.6 is 0 Å². The molecule has 0 aromatic heterocycles. The number of carbonyl (C=O) groups is 2. The number of nitrogens with zero attached hydrogens (tertiary/aromatic N) is 3. The van der Waals surface area contributed by atoms with E-state index in [1.165, 1.54) is 78.6 Å². The fraction of sp³-hybridized carbons (Fsp3) is 0.259. The number of hydrogen-bond acceptors (Lipinski definition) is 6. The van der Waals surface area contributed by atoms with E-state index >= 15 is 0 Å². The second-order valence-electron chi connectivity index (χ2n) is 9.09. The van der Waals surface area contributed by atoms with Gasteiger partial charge in [0.25, 0.3) is 15.7 Å². The smallest absolute Gasteiger partial charge is 0.271 e. The highest BCUT2D eigenvalue weighted by molar-refractivity contribution is 7.92. The van der Waals surface area contributed by atoms with Crippen molar-refractivity contribution >= 4 is 33.2 Å². The quantitative estimate of drug-likeness (QED) is 0.282. The monoisotopic (exact) mass is 556 g/mol. The maximum atomic E-state index is 13.8. The Bertz CT molecular complexity index is 1430. The number of nitro benzene ring substituents is 1. The fourth-order valence-corrected chi connectivity index (χ4v) is 5.21. The minimum absolute atomic E-state index is 0.0950. The van der Waals surface area contributed by atoms with Crippen molar-refractivity contribution < 1.29 is 27.3 Å². The Morgan fingerprint density at radius 3 is 2.21 bits per heavy atom. The largest absolute Gasteiger partial charge is 0.352 e. The number of nitrogens with one attached hydrogen (secondary N) is 1. The van der Waals surface area contributed by atoms with E-state index in [-0.39, 0.29) is 28.9 Å². The molecule has 1 N–H and O–H groups in total. The molecule has 0 spiro atoms. The first-order chi connectivity index (χ1) is 18.4. The average molecular weight is 557 g/mol. The molecule has 0 aliphatic rings. The van der Waals surface area contributed by atoms with Crippen LogP contribution in [0.1, 0.15) is 26.3 Å². The minimum atomic E-state index is -4.36. The number of carbonyl (C=O) groups excluding carboxylic acids is 2. The highest BCUT2D eigenvalue weighted by atomic mass is 32.2. The van der Waals surface area contributed by atoms with E-state index in [1.54, 1.807) is 19.9 Å². The van der Waals surface area contributed by atoms with Crippen LogP contribution < -0.4 is 9.62 Å². The number of non-ortho nitro benzene ring substituents is 1. The predicted molar refractivity (Wildman–Crippen MR) is 144 cm³/mol. The lowest BCUT2D eigenvalue weighted by molar-refractivity contribution is -0.384. The molecule has 2 amide bonds. The number of amides is 2. The van der Waals surface area contributed by atoms with Crippen LogP contribution in [0.5, 0.6) is 0 Å².